The molecular weight excluding hydrogens is 404 g/mol. The first-order valence-corrected chi connectivity index (χ1v) is 10.2. The van der Waals surface area contributed by atoms with Gasteiger partial charge in [0.15, 0.2) is 11.5 Å². The molecule has 0 atom stereocenters. The van der Waals surface area contributed by atoms with Crippen LogP contribution in [0, 0.1) is 0 Å². The predicted molar refractivity (Wildman–Crippen MR) is 113 cm³/mol. The summed E-state index contributed by atoms with van der Waals surface area (Å²) in [7, 11) is 0. The van der Waals surface area contributed by atoms with Gasteiger partial charge in [-0.2, -0.15) is 0 Å². The zero-order valence-electron chi connectivity index (χ0n) is 15.9. The first kappa shape index (κ1) is 18.5. The van der Waals surface area contributed by atoms with Crippen molar-refractivity contribution < 1.29 is 9.53 Å². The van der Waals surface area contributed by atoms with Crippen molar-refractivity contribution in [3.05, 3.63) is 47.3 Å². The fraction of sp³-hybridized carbons (Fsp3) is 0.211. The first-order valence-electron chi connectivity index (χ1n) is 9.31. The summed E-state index contributed by atoms with van der Waals surface area (Å²) in [6.45, 7) is 2.93. The Morgan fingerprint density at radius 1 is 1.13 bits per heavy atom. The molecule has 0 unspecified atom stereocenters. The molecule has 0 aliphatic carbocycles. The smallest absolute Gasteiger partial charge is 0.258 e. The SMILES string of the molecule is NC(=O)c1cc(-c2cnc(Nc3cnc(N4CCOCC4)nc3)c3nccn23)cs1. The minimum absolute atomic E-state index is 0.445. The molecule has 10 nitrogen and oxygen atoms in total. The normalized spacial score (nSPS) is 14.2. The van der Waals surface area contributed by atoms with E-state index in [9.17, 15) is 4.79 Å². The third kappa shape index (κ3) is 3.44. The number of rotatable bonds is 5. The minimum Gasteiger partial charge on any atom is -0.378 e. The van der Waals surface area contributed by atoms with Crippen LogP contribution in [0.1, 0.15) is 9.67 Å². The van der Waals surface area contributed by atoms with Gasteiger partial charge < -0.3 is 20.7 Å². The van der Waals surface area contributed by atoms with Gasteiger partial charge in [0, 0.05) is 36.4 Å². The number of amides is 1. The Morgan fingerprint density at radius 2 is 1.93 bits per heavy atom. The van der Waals surface area contributed by atoms with Gasteiger partial charge in [-0.25, -0.2) is 19.9 Å². The molecule has 1 fully saturated rings. The van der Waals surface area contributed by atoms with Gasteiger partial charge in [-0.1, -0.05) is 0 Å². The van der Waals surface area contributed by atoms with Crippen molar-refractivity contribution in [1.82, 2.24) is 24.3 Å². The number of nitrogens with one attached hydrogen (secondary N) is 1. The number of nitrogens with zero attached hydrogens (tertiary/aromatic N) is 6. The van der Waals surface area contributed by atoms with Gasteiger partial charge in [-0.3, -0.25) is 9.20 Å². The summed E-state index contributed by atoms with van der Waals surface area (Å²) in [5, 5.41) is 5.11. The highest BCUT2D eigenvalue weighted by Gasteiger charge is 2.15. The van der Waals surface area contributed by atoms with Crippen LogP contribution in [0.5, 0.6) is 0 Å². The molecule has 0 aromatic carbocycles. The second kappa shape index (κ2) is 7.69. The minimum atomic E-state index is -0.445. The van der Waals surface area contributed by atoms with Crippen LogP contribution in [0.3, 0.4) is 0 Å². The maximum absolute atomic E-state index is 11.4. The molecule has 5 rings (SSSR count). The summed E-state index contributed by atoms with van der Waals surface area (Å²) in [4.78, 5) is 31.8. The molecule has 0 saturated carbocycles. The van der Waals surface area contributed by atoms with E-state index >= 15 is 0 Å². The molecule has 1 aliphatic heterocycles. The quantitative estimate of drug-likeness (QED) is 0.500. The second-order valence-electron chi connectivity index (χ2n) is 6.67. The van der Waals surface area contributed by atoms with Crippen molar-refractivity contribution in [2.75, 3.05) is 36.5 Å². The van der Waals surface area contributed by atoms with Crippen molar-refractivity contribution in [1.29, 1.82) is 0 Å². The Kier molecular flexibility index (Phi) is 4.73. The van der Waals surface area contributed by atoms with Gasteiger partial charge in [0.05, 0.1) is 48.1 Å². The number of carbonyl (C=O) groups is 1. The van der Waals surface area contributed by atoms with Crippen LogP contribution < -0.4 is 16.0 Å². The van der Waals surface area contributed by atoms with Gasteiger partial charge in [0.25, 0.3) is 5.91 Å². The van der Waals surface area contributed by atoms with Crippen LogP contribution in [0.4, 0.5) is 17.5 Å². The fourth-order valence-electron chi connectivity index (χ4n) is 3.27. The number of imidazole rings is 1. The molecule has 0 radical (unpaired) electrons. The second-order valence-corrected chi connectivity index (χ2v) is 7.58. The lowest BCUT2D eigenvalue weighted by atomic mass is 10.2. The number of nitrogens with two attached hydrogens (primary N) is 1. The van der Waals surface area contributed by atoms with Gasteiger partial charge in [0.2, 0.25) is 5.95 Å². The largest absolute Gasteiger partial charge is 0.378 e. The number of carbonyl (C=O) groups excluding carboxylic acids is 1. The van der Waals surface area contributed by atoms with E-state index in [1.54, 1.807) is 30.9 Å². The van der Waals surface area contributed by atoms with E-state index < -0.39 is 5.91 Å². The van der Waals surface area contributed by atoms with E-state index in [0.717, 1.165) is 24.3 Å². The molecular formula is C19H18N8O2S. The number of hydrogen-bond acceptors (Lipinski definition) is 9. The van der Waals surface area contributed by atoms with Crippen molar-refractivity contribution >= 4 is 40.3 Å². The average molecular weight is 422 g/mol. The van der Waals surface area contributed by atoms with Crippen LogP contribution in [0.15, 0.2) is 42.4 Å². The lowest BCUT2D eigenvalue weighted by Crippen LogP contribution is -2.37. The molecule has 5 heterocycles. The van der Waals surface area contributed by atoms with E-state index in [1.165, 1.54) is 11.3 Å². The number of primary amides is 1. The van der Waals surface area contributed by atoms with Crippen molar-refractivity contribution in [3.8, 4) is 11.3 Å². The summed E-state index contributed by atoms with van der Waals surface area (Å²) in [6, 6.07) is 1.76. The lowest BCUT2D eigenvalue weighted by Gasteiger charge is -2.26. The summed E-state index contributed by atoms with van der Waals surface area (Å²) >= 11 is 1.30. The number of hydrogen-bond donors (Lipinski definition) is 2. The Bertz CT molecular complexity index is 1200. The number of anilines is 3. The molecule has 1 aliphatic rings. The van der Waals surface area contributed by atoms with E-state index in [1.807, 2.05) is 16.0 Å². The van der Waals surface area contributed by atoms with Gasteiger partial charge in [0.1, 0.15) is 0 Å². The molecule has 30 heavy (non-hydrogen) atoms. The number of thiophene rings is 1. The molecule has 4 aromatic rings. The highest BCUT2D eigenvalue weighted by atomic mass is 32.1. The average Bonchev–Trinajstić information content (AvgIpc) is 3.46. The molecule has 0 bridgehead atoms. The van der Waals surface area contributed by atoms with Crippen LogP contribution in [0.2, 0.25) is 0 Å². The maximum Gasteiger partial charge on any atom is 0.258 e. The van der Waals surface area contributed by atoms with Crippen molar-refractivity contribution in [2.24, 2.45) is 5.73 Å². The number of aromatic nitrogens is 5. The number of morpholine rings is 1. The third-order valence-corrected chi connectivity index (χ3v) is 5.71. The fourth-order valence-corrected chi connectivity index (χ4v) is 4.02. The summed E-state index contributed by atoms with van der Waals surface area (Å²) in [6.07, 6.45) is 8.73. The van der Waals surface area contributed by atoms with E-state index in [2.05, 4.69) is 30.2 Å². The van der Waals surface area contributed by atoms with E-state index in [4.69, 9.17) is 10.5 Å². The molecule has 11 heteroatoms. The van der Waals surface area contributed by atoms with Gasteiger partial charge in [-0.15, -0.1) is 11.3 Å². The summed E-state index contributed by atoms with van der Waals surface area (Å²) in [5.74, 6) is 0.817. The number of fused-ring (bicyclic) bond motifs is 1. The molecule has 1 amide bonds. The van der Waals surface area contributed by atoms with Crippen LogP contribution in [0.25, 0.3) is 16.9 Å². The Labute approximate surface area is 175 Å². The topological polar surface area (TPSA) is 124 Å². The first-order chi connectivity index (χ1) is 14.7. The third-order valence-electron chi connectivity index (χ3n) is 4.76. The maximum atomic E-state index is 11.4. The molecule has 0 spiro atoms. The zero-order chi connectivity index (χ0) is 20.5. The van der Waals surface area contributed by atoms with Crippen LogP contribution in [-0.2, 0) is 4.74 Å². The highest BCUT2D eigenvalue weighted by Crippen LogP contribution is 2.28. The van der Waals surface area contributed by atoms with E-state index in [-0.39, 0.29) is 0 Å². The lowest BCUT2D eigenvalue weighted by molar-refractivity contribution is 0.100. The Balaban J connectivity index is 1.41. The summed E-state index contributed by atoms with van der Waals surface area (Å²) < 4.78 is 7.27. The monoisotopic (exact) mass is 422 g/mol. The molecule has 3 N–H and O–H groups in total. The molecule has 1 saturated heterocycles. The summed E-state index contributed by atoms with van der Waals surface area (Å²) in [5.41, 5.74) is 8.40. The molecule has 4 aromatic heterocycles. The zero-order valence-corrected chi connectivity index (χ0v) is 16.7. The van der Waals surface area contributed by atoms with Crippen LogP contribution in [-0.4, -0.2) is 56.5 Å². The van der Waals surface area contributed by atoms with Gasteiger partial charge >= 0.3 is 0 Å². The van der Waals surface area contributed by atoms with Crippen molar-refractivity contribution in [2.45, 2.75) is 0 Å². The number of ether oxygens (including phenoxy) is 1. The standard InChI is InChI=1S/C19H18N8O2S/c20-16(28)15-7-12(11-30-15)14-10-22-17(18-21-1-2-27(14)18)25-13-8-23-19(24-9-13)26-3-5-29-6-4-26/h1-2,7-11H,3-6H2,(H2,20,28)(H,22,25). The van der Waals surface area contributed by atoms with Crippen molar-refractivity contribution in [3.63, 3.8) is 0 Å². The predicted octanol–water partition coefficient (Wildman–Crippen LogP) is 1.93. The molecule has 152 valence electrons. The Morgan fingerprint density at radius 3 is 2.67 bits per heavy atom. The highest BCUT2D eigenvalue weighted by molar-refractivity contribution is 7.12. The Hall–Kier alpha value is -3.57. The van der Waals surface area contributed by atoms with Crippen LogP contribution >= 0.6 is 11.3 Å². The van der Waals surface area contributed by atoms with Gasteiger partial charge in [-0.05, 0) is 6.07 Å². The van der Waals surface area contributed by atoms with E-state index in [0.29, 0.717) is 41.2 Å².